The molecule has 1 N–H and O–H groups in total. The maximum atomic E-state index is 4.75. The van der Waals surface area contributed by atoms with Crippen molar-refractivity contribution in [2.75, 3.05) is 4.30 Å². The van der Waals surface area contributed by atoms with Crippen LogP contribution in [-0.4, -0.2) is 20.6 Å². The van der Waals surface area contributed by atoms with E-state index in [0.29, 0.717) is 5.92 Å². The fraction of sp³-hybridized carbons (Fsp3) is 0.321. The van der Waals surface area contributed by atoms with Gasteiger partial charge in [0.15, 0.2) is 0 Å². The molecule has 3 aromatic carbocycles. The van der Waals surface area contributed by atoms with Crippen LogP contribution in [0.4, 0.5) is 11.4 Å². The molecule has 0 bridgehead atoms. The highest BCUT2D eigenvalue weighted by Gasteiger charge is 2.18. The van der Waals surface area contributed by atoms with Crippen LogP contribution < -0.4 is 4.30 Å². The summed E-state index contributed by atoms with van der Waals surface area (Å²) in [6.45, 7) is 11.2. The number of nitrogens with one attached hydrogen (secondary N) is 1. The fourth-order valence-corrected chi connectivity index (χ4v) is 6.21. The summed E-state index contributed by atoms with van der Waals surface area (Å²) < 4.78 is 3.93. The molecule has 0 radical (unpaired) electrons. The molecule has 0 aliphatic carbocycles. The fourth-order valence-electron chi connectivity index (χ4n) is 3.93. The Morgan fingerprint density at radius 1 is 0.903 bits per heavy atom. The number of para-hydroxylation sites is 1. The first-order valence-electron chi connectivity index (χ1n) is 11.5. The number of hydrogen-bond acceptors (Lipinski definition) is 2. The lowest BCUT2D eigenvalue weighted by atomic mass is 10.0. The van der Waals surface area contributed by atoms with Crippen molar-refractivity contribution < 1.29 is 0 Å². The second kappa shape index (κ2) is 11.3. The Labute approximate surface area is 193 Å². The zero-order chi connectivity index (χ0) is 22.2. The molecule has 160 valence electrons. The first-order valence-corrected chi connectivity index (χ1v) is 13.7. The van der Waals surface area contributed by atoms with E-state index >= 15 is 0 Å². The van der Waals surface area contributed by atoms with Crippen LogP contribution in [0.25, 0.3) is 0 Å². The Balaban J connectivity index is 1.68. The van der Waals surface area contributed by atoms with Crippen LogP contribution in [0, 0.1) is 13.8 Å². The minimum Gasteiger partial charge on any atom is -0.476 e. The van der Waals surface area contributed by atoms with E-state index in [0.717, 1.165) is 12.1 Å². The summed E-state index contributed by atoms with van der Waals surface area (Å²) in [7, 11) is 0. The largest absolute Gasteiger partial charge is 0.476 e. The van der Waals surface area contributed by atoms with Gasteiger partial charge in [-0.05, 0) is 66.1 Å². The summed E-state index contributed by atoms with van der Waals surface area (Å²) in [5.74, 6) is 0.548. The normalized spacial score (nSPS) is 11.3. The molecule has 2 nitrogen and oxygen atoms in total. The lowest BCUT2D eigenvalue weighted by molar-refractivity contribution is 0.867. The van der Waals surface area contributed by atoms with Gasteiger partial charge in [0.25, 0.3) is 0 Å². The lowest BCUT2D eigenvalue weighted by Gasteiger charge is -2.18. The Morgan fingerprint density at radius 3 is 2.23 bits per heavy atom. The number of aliphatic imine (C=N–C) groups is 1. The molecule has 3 heteroatoms. The van der Waals surface area contributed by atoms with Gasteiger partial charge in [-0.3, -0.25) is 4.99 Å². The predicted molar refractivity (Wildman–Crippen MR) is 139 cm³/mol. The molecular formula is C28H35AlN2. The van der Waals surface area contributed by atoms with Crippen LogP contribution in [0.1, 0.15) is 54.5 Å². The zero-order valence-electron chi connectivity index (χ0n) is 19.7. The van der Waals surface area contributed by atoms with Crippen molar-refractivity contribution in [3.63, 3.8) is 0 Å². The molecule has 0 aliphatic heterocycles. The first-order chi connectivity index (χ1) is 15.0. The molecule has 0 aliphatic rings. The Morgan fingerprint density at radius 2 is 1.58 bits per heavy atom. The van der Waals surface area contributed by atoms with E-state index in [1.165, 1.54) is 44.1 Å². The number of aryl methyl sites for hydroxylation is 3. The summed E-state index contributed by atoms with van der Waals surface area (Å²) in [5, 5.41) is 2.48. The summed E-state index contributed by atoms with van der Waals surface area (Å²) in [4.78, 5) is 4.75. The van der Waals surface area contributed by atoms with E-state index in [9.17, 15) is 0 Å². The standard InChI is InChI=1S/C18H20N.C8H10N.C2H5.Al/c1-4-15-7-5-6-8-17(15)13-19-18-11-9-16(10-12-18)14(2)3;1-6-4-3-5-7(2)8(6)9;1-2;/h5-14H,1,4H2,2-3H3;3-5,9H,1-2H3;1H2,2H3;/q;-1;;+1. The van der Waals surface area contributed by atoms with Crippen molar-refractivity contribution in [1.29, 1.82) is 0 Å². The number of hydrogen-bond donors (Lipinski definition) is 1. The molecule has 3 rings (SSSR count). The van der Waals surface area contributed by atoms with Crippen molar-refractivity contribution in [1.82, 2.24) is 0 Å². The topological polar surface area (TPSA) is 24.4 Å². The van der Waals surface area contributed by atoms with Crippen molar-refractivity contribution in [3.05, 3.63) is 94.5 Å². The second-order valence-electron chi connectivity index (χ2n) is 8.76. The van der Waals surface area contributed by atoms with Crippen molar-refractivity contribution >= 4 is 32.0 Å². The average molecular weight is 427 g/mol. The van der Waals surface area contributed by atoms with Crippen molar-refractivity contribution in [2.24, 2.45) is 4.99 Å². The van der Waals surface area contributed by atoms with E-state index in [4.69, 9.17) is 4.99 Å². The SMILES string of the molecule is C[CH2][Al]([CH2]Cc1ccccc1C=Nc1ccc(C(C)C)cc1)[NH]c1c(C)cccc1C. The third-order valence-corrected chi connectivity index (χ3v) is 8.72. The van der Waals surface area contributed by atoms with Crippen LogP contribution in [0.5, 0.6) is 0 Å². The van der Waals surface area contributed by atoms with Gasteiger partial charge in [0.2, 0.25) is 0 Å². The number of nitrogens with zero attached hydrogens (tertiary/aromatic N) is 1. The van der Waals surface area contributed by atoms with Gasteiger partial charge in [-0.25, -0.2) is 0 Å². The van der Waals surface area contributed by atoms with Crippen LogP contribution in [0.3, 0.4) is 0 Å². The Kier molecular flexibility index (Phi) is 8.53. The van der Waals surface area contributed by atoms with E-state index in [2.05, 4.69) is 106 Å². The van der Waals surface area contributed by atoms with Gasteiger partial charge in [0, 0.05) is 11.9 Å². The third kappa shape index (κ3) is 6.57. The van der Waals surface area contributed by atoms with Crippen molar-refractivity contribution in [3.8, 4) is 0 Å². The maximum absolute atomic E-state index is 4.75. The van der Waals surface area contributed by atoms with Gasteiger partial charge in [-0.15, -0.1) is 0 Å². The highest BCUT2D eigenvalue weighted by molar-refractivity contribution is 6.62. The molecule has 0 unspecified atom stereocenters. The third-order valence-electron chi connectivity index (χ3n) is 6.05. The second-order valence-corrected chi connectivity index (χ2v) is 11.8. The van der Waals surface area contributed by atoms with Crippen LogP contribution in [-0.2, 0) is 6.42 Å². The highest BCUT2D eigenvalue weighted by Crippen LogP contribution is 2.23. The molecule has 0 atom stereocenters. The van der Waals surface area contributed by atoms with Gasteiger partial charge < -0.3 is 4.30 Å². The Bertz CT molecular complexity index is 986. The Hall–Kier alpha value is -2.34. The molecule has 0 saturated heterocycles. The molecule has 0 saturated carbocycles. The minimum absolute atomic E-state index is 0.548. The molecule has 3 aromatic rings. The van der Waals surface area contributed by atoms with E-state index < -0.39 is 14.4 Å². The molecular weight excluding hydrogens is 391 g/mol. The summed E-state index contributed by atoms with van der Waals surface area (Å²) in [5.41, 5.74) is 9.03. The highest BCUT2D eigenvalue weighted by atomic mass is 27.2. The lowest BCUT2D eigenvalue weighted by Crippen LogP contribution is -2.25. The molecule has 0 amide bonds. The van der Waals surface area contributed by atoms with E-state index in [1.54, 1.807) is 0 Å². The van der Waals surface area contributed by atoms with Crippen LogP contribution in [0.15, 0.2) is 71.7 Å². The smallest absolute Gasteiger partial charge is 0.411 e. The number of anilines is 1. The van der Waals surface area contributed by atoms with Gasteiger partial charge in [0.05, 0.1) is 5.69 Å². The van der Waals surface area contributed by atoms with Crippen molar-refractivity contribution in [2.45, 2.75) is 57.5 Å². The summed E-state index contributed by atoms with van der Waals surface area (Å²) in [6.07, 6.45) is 3.12. The zero-order valence-corrected chi connectivity index (χ0v) is 20.8. The monoisotopic (exact) mass is 426 g/mol. The summed E-state index contributed by atoms with van der Waals surface area (Å²) in [6, 6.07) is 23.8. The number of benzene rings is 3. The number of rotatable bonds is 9. The molecule has 0 spiro atoms. The minimum atomic E-state index is -1.08. The van der Waals surface area contributed by atoms with Gasteiger partial charge in [0.1, 0.15) is 0 Å². The quantitative estimate of drug-likeness (QED) is 0.273. The molecule has 31 heavy (non-hydrogen) atoms. The molecule has 0 heterocycles. The van der Waals surface area contributed by atoms with E-state index in [-0.39, 0.29) is 0 Å². The van der Waals surface area contributed by atoms with Gasteiger partial charge in [-0.1, -0.05) is 85.9 Å². The van der Waals surface area contributed by atoms with Crippen LogP contribution >= 0.6 is 0 Å². The first kappa shape index (κ1) is 23.3. The van der Waals surface area contributed by atoms with E-state index in [1.807, 2.05) is 6.21 Å². The van der Waals surface area contributed by atoms with Crippen LogP contribution in [0.2, 0.25) is 10.6 Å². The average Bonchev–Trinajstić information content (AvgIpc) is 2.78. The molecule has 0 aromatic heterocycles. The van der Waals surface area contributed by atoms with Gasteiger partial charge in [-0.2, -0.15) is 0 Å². The predicted octanol–water partition coefficient (Wildman–Crippen LogP) is 7.84. The molecule has 0 fully saturated rings. The summed E-state index contributed by atoms with van der Waals surface area (Å²) >= 11 is -1.08. The maximum Gasteiger partial charge on any atom is 0.411 e. The van der Waals surface area contributed by atoms with Gasteiger partial charge >= 0.3 is 14.4 Å².